The highest BCUT2D eigenvalue weighted by Crippen LogP contribution is 2.37. The topological polar surface area (TPSA) is 95.0 Å². The Balaban J connectivity index is 1.71. The van der Waals surface area contributed by atoms with Crippen molar-refractivity contribution in [3.05, 3.63) is 53.1 Å². The van der Waals surface area contributed by atoms with Crippen molar-refractivity contribution in [1.29, 1.82) is 5.26 Å². The number of hydrogen-bond acceptors (Lipinski definition) is 6. The zero-order valence-corrected chi connectivity index (χ0v) is 14.4. The Morgan fingerprint density at radius 3 is 3.04 bits per heavy atom. The van der Waals surface area contributed by atoms with Gasteiger partial charge in [-0.1, -0.05) is 30.3 Å². The summed E-state index contributed by atoms with van der Waals surface area (Å²) in [5.41, 5.74) is 4.33. The van der Waals surface area contributed by atoms with Gasteiger partial charge in [0.1, 0.15) is 11.8 Å². The second-order valence-corrected chi connectivity index (χ2v) is 6.29. The first-order chi connectivity index (χ1) is 12.7. The van der Waals surface area contributed by atoms with Crippen molar-refractivity contribution >= 4 is 0 Å². The summed E-state index contributed by atoms with van der Waals surface area (Å²) < 4.78 is 5.41. The van der Waals surface area contributed by atoms with Gasteiger partial charge in [0.05, 0.1) is 5.56 Å². The number of phenolic OH excluding ortho intramolecular Hbond substituents is 1. The maximum absolute atomic E-state index is 9.64. The number of phenols is 1. The van der Waals surface area contributed by atoms with E-state index in [0.29, 0.717) is 23.3 Å². The molecule has 4 rings (SSSR count). The molecule has 26 heavy (non-hydrogen) atoms. The molecule has 0 fully saturated rings. The molecule has 3 aromatic rings. The third kappa shape index (κ3) is 2.72. The highest BCUT2D eigenvalue weighted by molar-refractivity contribution is 5.67. The van der Waals surface area contributed by atoms with Gasteiger partial charge in [-0.15, -0.1) is 0 Å². The first-order valence-corrected chi connectivity index (χ1v) is 8.64. The van der Waals surface area contributed by atoms with Crippen LogP contribution in [0.15, 0.2) is 40.9 Å². The Kier molecular flexibility index (Phi) is 4.15. The quantitative estimate of drug-likeness (QED) is 0.750. The van der Waals surface area contributed by atoms with Crippen LogP contribution in [0.5, 0.6) is 5.75 Å². The molecular formula is C20H18N4O2. The van der Waals surface area contributed by atoms with Gasteiger partial charge in [-0.05, 0) is 48.7 Å². The highest BCUT2D eigenvalue weighted by atomic mass is 16.5. The normalized spacial score (nSPS) is 15.6. The second kappa shape index (κ2) is 6.62. The van der Waals surface area contributed by atoms with Gasteiger partial charge in [-0.3, -0.25) is 0 Å². The van der Waals surface area contributed by atoms with Gasteiger partial charge in [-0.25, -0.2) is 0 Å². The van der Waals surface area contributed by atoms with E-state index in [1.807, 2.05) is 18.2 Å². The number of hydrogen-bond donors (Lipinski definition) is 2. The summed E-state index contributed by atoms with van der Waals surface area (Å²) in [6, 6.07) is 13.2. The van der Waals surface area contributed by atoms with Gasteiger partial charge in [0.2, 0.25) is 5.82 Å². The summed E-state index contributed by atoms with van der Waals surface area (Å²) in [7, 11) is 0. The van der Waals surface area contributed by atoms with Gasteiger partial charge >= 0.3 is 0 Å². The van der Waals surface area contributed by atoms with Crippen LogP contribution in [0.4, 0.5) is 0 Å². The molecule has 0 saturated carbocycles. The van der Waals surface area contributed by atoms with Crippen molar-refractivity contribution in [2.24, 2.45) is 0 Å². The van der Waals surface area contributed by atoms with E-state index in [2.05, 4.69) is 28.4 Å². The molecule has 0 unspecified atom stereocenters. The van der Waals surface area contributed by atoms with Gasteiger partial charge in [-0.2, -0.15) is 10.2 Å². The minimum Gasteiger partial charge on any atom is -0.507 e. The maximum Gasteiger partial charge on any atom is 0.258 e. The van der Waals surface area contributed by atoms with Crippen LogP contribution in [0.3, 0.4) is 0 Å². The summed E-state index contributed by atoms with van der Waals surface area (Å²) in [5.74, 6) is 0.808. The van der Waals surface area contributed by atoms with Crippen molar-refractivity contribution in [1.82, 2.24) is 15.5 Å². The van der Waals surface area contributed by atoms with E-state index < -0.39 is 0 Å². The Bertz CT molecular complexity index is 1000. The molecule has 0 amide bonds. The van der Waals surface area contributed by atoms with Crippen LogP contribution in [0.1, 0.15) is 36.1 Å². The lowest BCUT2D eigenvalue weighted by atomic mass is 10.0. The number of nitriles is 1. The van der Waals surface area contributed by atoms with E-state index in [9.17, 15) is 5.11 Å². The largest absolute Gasteiger partial charge is 0.507 e. The van der Waals surface area contributed by atoms with Crippen LogP contribution in [0, 0.1) is 11.3 Å². The summed E-state index contributed by atoms with van der Waals surface area (Å²) in [6.07, 6.45) is 2.04. The van der Waals surface area contributed by atoms with E-state index >= 15 is 0 Å². The zero-order valence-electron chi connectivity index (χ0n) is 14.4. The second-order valence-electron chi connectivity index (χ2n) is 6.29. The molecule has 0 bridgehead atoms. The van der Waals surface area contributed by atoms with Crippen LogP contribution in [0.25, 0.3) is 22.8 Å². The first-order valence-electron chi connectivity index (χ1n) is 8.64. The monoisotopic (exact) mass is 346 g/mol. The van der Waals surface area contributed by atoms with Gasteiger partial charge in [0.25, 0.3) is 5.89 Å². The van der Waals surface area contributed by atoms with Crippen molar-refractivity contribution in [2.45, 2.75) is 25.8 Å². The molecule has 130 valence electrons. The fourth-order valence-electron chi connectivity index (χ4n) is 3.53. The van der Waals surface area contributed by atoms with Crippen molar-refractivity contribution in [3.8, 4) is 34.7 Å². The van der Waals surface area contributed by atoms with Crippen LogP contribution in [-0.4, -0.2) is 21.8 Å². The lowest BCUT2D eigenvalue weighted by Crippen LogP contribution is -2.18. The van der Waals surface area contributed by atoms with E-state index in [1.165, 1.54) is 17.2 Å². The van der Waals surface area contributed by atoms with Crippen LogP contribution in [-0.2, 0) is 6.42 Å². The Morgan fingerprint density at radius 2 is 2.23 bits per heavy atom. The van der Waals surface area contributed by atoms with E-state index in [1.54, 1.807) is 12.1 Å². The molecule has 0 spiro atoms. The maximum atomic E-state index is 9.64. The molecule has 1 atom stereocenters. The third-order valence-corrected chi connectivity index (χ3v) is 4.75. The lowest BCUT2D eigenvalue weighted by molar-refractivity contribution is 0.432. The fraction of sp³-hybridized carbons (Fsp3) is 0.250. The number of rotatable bonds is 4. The molecular weight excluding hydrogens is 328 g/mol. The number of aromatic nitrogens is 2. The number of aromatic hydroxyl groups is 1. The predicted octanol–water partition coefficient (Wildman–Crippen LogP) is 3.58. The van der Waals surface area contributed by atoms with Crippen LogP contribution in [0.2, 0.25) is 0 Å². The van der Waals surface area contributed by atoms with Crippen molar-refractivity contribution in [3.63, 3.8) is 0 Å². The summed E-state index contributed by atoms with van der Waals surface area (Å²) in [4.78, 5) is 4.52. The smallest absolute Gasteiger partial charge is 0.258 e. The SMILES string of the molecule is CCN[C@H]1CCc2c(-c3noc(-c4ccc(O)c(C#N)c4)n3)cccc21. The van der Waals surface area contributed by atoms with Crippen LogP contribution >= 0.6 is 0 Å². The third-order valence-electron chi connectivity index (χ3n) is 4.75. The number of fused-ring (bicyclic) bond motifs is 1. The average Bonchev–Trinajstić information content (AvgIpc) is 3.30. The highest BCUT2D eigenvalue weighted by Gasteiger charge is 2.25. The molecule has 1 aromatic heterocycles. The van der Waals surface area contributed by atoms with Crippen LogP contribution < -0.4 is 5.32 Å². The summed E-state index contributed by atoms with van der Waals surface area (Å²) in [6.45, 7) is 3.04. The summed E-state index contributed by atoms with van der Waals surface area (Å²) in [5, 5.41) is 26.4. The molecule has 6 heteroatoms. The molecule has 2 aromatic carbocycles. The number of benzene rings is 2. The lowest BCUT2D eigenvalue weighted by Gasteiger charge is -2.12. The Hall–Kier alpha value is -3.17. The summed E-state index contributed by atoms with van der Waals surface area (Å²) >= 11 is 0. The van der Waals surface area contributed by atoms with Crippen molar-refractivity contribution in [2.75, 3.05) is 6.54 Å². The van der Waals surface area contributed by atoms with E-state index in [4.69, 9.17) is 9.78 Å². The zero-order chi connectivity index (χ0) is 18.1. The van der Waals surface area contributed by atoms with Crippen molar-refractivity contribution < 1.29 is 9.63 Å². The molecule has 1 aliphatic carbocycles. The predicted molar refractivity (Wildman–Crippen MR) is 96.3 cm³/mol. The molecule has 1 aliphatic rings. The van der Waals surface area contributed by atoms with Gasteiger partial charge < -0.3 is 14.9 Å². The number of nitrogens with one attached hydrogen (secondary N) is 1. The fourth-order valence-corrected chi connectivity index (χ4v) is 3.53. The molecule has 2 N–H and O–H groups in total. The number of nitrogens with zero attached hydrogens (tertiary/aromatic N) is 3. The average molecular weight is 346 g/mol. The molecule has 6 nitrogen and oxygen atoms in total. The molecule has 0 saturated heterocycles. The Morgan fingerprint density at radius 1 is 1.35 bits per heavy atom. The Labute approximate surface area is 151 Å². The molecule has 0 radical (unpaired) electrons. The first kappa shape index (κ1) is 16.3. The van der Waals surface area contributed by atoms with E-state index in [-0.39, 0.29) is 11.3 Å². The van der Waals surface area contributed by atoms with Gasteiger partial charge in [0.15, 0.2) is 0 Å². The van der Waals surface area contributed by atoms with E-state index in [0.717, 1.165) is 24.9 Å². The molecule has 0 aliphatic heterocycles. The van der Waals surface area contributed by atoms with Gasteiger partial charge in [0, 0.05) is 17.2 Å². The molecule has 1 heterocycles. The minimum absolute atomic E-state index is 0.0636. The standard InChI is InChI=1S/C20H18N4O2/c1-2-22-17-8-7-14-15(17)4-3-5-16(14)19-23-20(26-24-19)12-6-9-18(25)13(10-12)11-21/h3-6,9-10,17,22,25H,2,7-8H2,1H3/t17-/m0/s1. The minimum atomic E-state index is -0.0636.